The van der Waals surface area contributed by atoms with Crippen LogP contribution >= 0.6 is 0 Å². The van der Waals surface area contributed by atoms with Gasteiger partial charge in [-0.25, -0.2) is 13.1 Å². The third kappa shape index (κ3) is 4.60. The molecule has 1 aliphatic rings. The number of hydrogen-bond acceptors (Lipinski definition) is 4. The van der Waals surface area contributed by atoms with Crippen molar-refractivity contribution in [3.05, 3.63) is 90.0 Å². The molecule has 0 saturated carbocycles. The van der Waals surface area contributed by atoms with Gasteiger partial charge in [0.2, 0.25) is 10.0 Å². The molecule has 0 amide bonds. The molecule has 0 radical (unpaired) electrons. The molecule has 0 unspecified atom stereocenters. The van der Waals surface area contributed by atoms with E-state index in [1.807, 2.05) is 60.7 Å². The van der Waals surface area contributed by atoms with Crippen LogP contribution in [-0.2, 0) is 10.0 Å². The Morgan fingerprint density at radius 2 is 1.38 bits per heavy atom. The third-order valence-corrected chi connectivity index (χ3v) is 6.33. The van der Waals surface area contributed by atoms with Gasteiger partial charge in [-0.1, -0.05) is 60.7 Å². The standard InChI is InChI=1S/C23H23NO4S/c25-29(26,20-12-13-22-23(16-20)28-15-7-14-27-22)24-17-21(18-8-3-1-4-9-18)19-10-5-2-6-11-19/h1-6,8-13,16,21,24H,7,14-15,17H2. The van der Waals surface area contributed by atoms with Crippen LogP contribution in [-0.4, -0.2) is 28.2 Å². The fourth-order valence-electron chi connectivity index (χ4n) is 3.39. The van der Waals surface area contributed by atoms with Gasteiger partial charge >= 0.3 is 0 Å². The van der Waals surface area contributed by atoms with Crippen LogP contribution in [0.15, 0.2) is 83.8 Å². The van der Waals surface area contributed by atoms with Gasteiger partial charge < -0.3 is 9.47 Å². The van der Waals surface area contributed by atoms with E-state index in [-0.39, 0.29) is 17.4 Å². The van der Waals surface area contributed by atoms with Gasteiger partial charge in [0, 0.05) is 24.9 Å². The monoisotopic (exact) mass is 409 g/mol. The van der Waals surface area contributed by atoms with Gasteiger partial charge in [0.05, 0.1) is 18.1 Å². The minimum atomic E-state index is -3.70. The van der Waals surface area contributed by atoms with E-state index in [0.29, 0.717) is 24.7 Å². The second-order valence-electron chi connectivity index (χ2n) is 6.88. The summed E-state index contributed by atoms with van der Waals surface area (Å²) in [7, 11) is -3.70. The summed E-state index contributed by atoms with van der Waals surface area (Å²) < 4.78 is 39.9. The first-order valence-corrected chi connectivity index (χ1v) is 11.1. The number of benzene rings is 3. The van der Waals surface area contributed by atoms with E-state index >= 15 is 0 Å². The lowest BCUT2D eigenvalue weighted by Crippen LogP contribution is -2.29. The number of nitrogens with one attached hydrogen (secondary N) is 1. The highest BCUT2D eigenvalue weighted by molar-refractivity contribution is 7.89. The summed E-state index contributed by atoms with van der Waals surface area (Å²) in [4.78, 5) is 0.168. The first kappa shape index (κ1) is 19.5. The molecule has 0 aliphatic carbocycles. The van der Waals surface area contributed by atoms with Crippen molar-refractivity contribution in [2.75, 3.05) is 19.8 Å². The van der Waals surface area contributed by atoms with Gasteiger partial charge in [0.1, 0.15) is 0 Å². The molecular weight excluding hydrogens is 386 g/mol. The summed E-state index contributed by atoms with van der Waals surface area (Å²) in [5.74, 6) is 0.952. The van der Waals surface area contributed by atoms with Crippen molar-refractivity contribution in [3.63, 3.8) is 0 Å². The Hall–Kier alpha value is -2.83. The van der Waals surface area contributed by atoms with Gasteiger partial charge in [-0.05, 0) is 23.3 Å². The lowest BCUT2D eigenvalue weighted by Gasteiger charge is -2.19. The molecule has 0 fully saturated rings. The highest BCUT2D eigenvalue weighted by Gasteiger charge is 2.21. The highest BCUT2D eigenvalue weighted by atomic mass is 32.2. The molecule has 3 aromatic rings. The molecule has 1 N–H and O–H groups in total. The summed E-state index contributed by atoms with van der Waals surface area (Å²) >= 11 is 0. The quantitative estimate of drug-likeness (QED) is 0.669. The average Bonchev–Trinajstić information content (AvgIpc) is 3.00. The number of rotatable bonds is 6. The van der Waals surface area contributed by atoms with E-state index in [2.05, 4.69) is 4.72 Å². The summed E-state index contributed by atoms with van der Waals surface area (Å²) in [6.07, 6.45) is 0.769. The second-order valence-corrected chi connectivity index (χ2v) is 8.65. The van der Waals surface area contributed by atoms with Crippen LogP contribution in [0.1, 0.15) is 23.5 Å². The van der Waals surface area contributed by atoms with Crippen LogP contribution in [0.2, 0.25) is 0 Å². The van der Waals surface area contributed by atoms with Gasteiger partial charge in [-0.3, -0.25) is 0 Å². The minimum Gasteiger partial charge on any atom is -0.490 e. The Labute approximate surface area is 171 Å². The predicted molar refractivity (Wildman–Crippen MR) is 112 cm³/mol. The van der Waals surface area contributed by atoms with E-state index in [1.54, 1.807) is 12.1 Å². The molecule has 0 aromatic heterocycles. The van der Waals surface area contributed by atoms with Crippen molar-refractivity contribution in [1.29, 1.82) is 0 Å². The number of fused-ring (bicyclic) bond motifs is 1. The van der Waals surface area contributed by atoms with Crippen molar-refractivity contribution in [3.8, 4) is 11.5 Å². The zero-order chi connectivity index (χ0) is 20.1. The van der Waals surface area contributed by atoms with Crippen LogP contribution in [0, 0.1) is 0 Å². The Kier molecular flexibility index (Phi) is 5.83. The summed E-state index contributed by atoms with van der Waals surface area (Å²) in [6.45, 7) is 1.33. The third-order valence-electron chi connectivity index (χ3n) is 4.91. The molecule has 1 aliphatic heterocycles. The molecule has 0 spiro atoms. The summed E-state index contributed by atoms with van der Waals surface area (Å²) in [5.41, 5.74) is 2.11. The largest absolute Gasteiger partial charge is 0.490 e. The predicted octanol–water partition coefficient (Wildman–Crippen LogP) is 3.96. The molecular formula is C23H23NO4S. The van der Waals surface area contributed by atoms with Crippen LogP contribution in [0.4, 0.5) is 0 Å². The van der Waals surface area contributed by atoms with Gasteiger partial charge in [0.15, 0.2) is 11.5 Å². The first-order valence-electron chi connectivity index (χ1n) is 9.63. The number of ether oxygens (including phenoxy) is 2. The van der Waals surface area contributed by atoms with E-state index in [0.717, 1.165) is 17.5 Å². The molecule has 6 heteroatoms. The SMILES string of the molecule is O=S(=O)(NCC(c1ccccc1)c1ccccc1)c1ccc2c(c1)OCCCO2. The lowest BCUT2D eigenvalue weighted by molar-refractivity contribution is 0.297. The minimum absolute atomic E-state index is 0.0902. The number of sulfonamides is 1. The fourth-order valence-corrected chi connectivity index (χ4v) is 4.45. The van der Waals surface area contributed by atoms with E-state index in [1.165, 1.54) is 6.07 Å². The maximum absolute atomic E-state index is 13.0. The van der Waals surface area contributed by atoms with Gasteiger partial charge in [0.25, 0.3) is 0 Å². The second kappa shape index (κ2) is 8.68. The molecule has 1 heterocycles. The van der Waals surface area contributed by atoms with Crippen molar-refractivity contribution in [2.24, 2.45) is 0 Å². The Morgan fingerprint density at radius 1 is 0.793 bits per heavy atom. The topological polar surface area (TPSA) is 64.6 Å². The fraction of sp³-hybridized carbons (Fsp3) is 0.217. The molecule has 0 atom stereocenters. The number of hydrogen-bond donors (Lipinski definition) is 1. The average molecular weight is 410 g/mol. The zero-order valence-corrected chi connectivity index (χ0v) is 16.8. The molecule has 5 nitrogen and oxygen atoms in total. The van der Waals surface area contributed by atoms with Crippen molar-refractivity contribution in [2.45, 2.75) is 17.2 Å². The van der Waals surface area contributed by atoms with Gasteiger partial charge in [-0.2, -0.15) is 0 Å². The normalized spacial score (nSPS) is 13.8. The molecule has 4 rings (SSSR count). The maximum Gasteiger partial charge on any atom is 0.240 e. The van der Waals surface area contributed by atoms with Crippen molar-refractivity contribution < 1.29 is 17.9 Å². The Morgan fingerprint density at radius 3 is 2.00 bits per heavy atom. The summed E-state index contributed by atoms with van der Waals surface area (Å²) in [5, 5.41) is 0. The maximum atomic E-state index is 13.0. The Bertz CT molecular complexity index is 1010. The highest BCUT2D eigenvalue weighted by Crippen LogP contribution is 2.32. The molecule has 0 saturated heterocycles. The van der Waals surface area contributed by atoms with Crippen molar-refractivity contribution in [1.82, 2.24) is 4.72 Å². The van der Waals surface area contributed by atoms with E-state index in [4.69, 9.17) is 9.47 Å². The van der Waals surface area contributed by atoms with E-state index in [9.17, 15) is 8.42 Å². The lowest BCUT2D eigenvalue weighted by atomic mass is 9.92. The molecule has 29 heavy (non-hydrogen) atoms. The Balaban J connectivity index is 1.58. The first-order chi connectivity index (χ1) is 14.1. The van der Waals surface area contributed by atoms with Crippen LogP contribution in [0.3, 0.4) is 0 Å². The zero-order valence-electron chi connectivity index (χ0n) is 16.0. The van der Waals surface area contributed by atoms with E-state index < -0.39 is 10.0 Å². The molecule has 3 aromatic carbocycles. The van der Waals surface area contributed by atoms with Crippen LogP contribution in [0.5, 0.6) is 11.5 Å². The molecule has 150 valence electrons. The van der Waals surface area contributed by atoms with Gasteiger partial charge in [-0.15, -0.1) is 0 Å². The molecule has 0 bridgehead atoms. The van der Waals surface area contributed by atoms with Crippen molar-refractivity contribution >= 4 is 10.0 Å². The smallest absolute Gasteiger partial charge is 0.240 e. The van der Waals surface area contributed by atoms with Crippen LogP contribution in [0.25, 0.3) is 0 Å². The summed E-state index contributed by atoms with van der Waals surface area (Å²) in [6, 6.07) is 24.5. The van der Waals surface area contributed by atoms with Crippen LogP contribution < -0.4 is 14.2 Å².